The van der Waals surface area contributed by atoms with Crippen LogP contribution in [0.5, 0.6) is 0 Å². The third kappa shape index (κ3) is 2.10. The number of carbonyl (C=O) groups is 1. The molecule has 0 atom stereocenters. The van der Waals surface area contributed by atoms with Crippen molar-refractivity contribution < 1.29 is 14.1 Å². The van der Waals surface area contributed by atoms with Crippen molar-refractivity contribution >= 4 is 17.2 Å². The fourth-order valence-corrected chi connectivity index (χ4v) is 4.28. The molecule has 0 N–H and O–H groups in total. The van der Waals surface area contributed by atoms with Gasteiger partial charge in [0, 0.05) is 30.5 Å². The van der Waals surface area contributed by atoms with E-state index in [4.69, 9.17) is 9.26 Å². The Hall–Kier alpha value is -1.66. The van der Waals surface area contributed by atoms with Crippen LogP contribution in [0, 0.1) is 0 Å². The topological polar surface area (TPSA) is 55.6 Å². The average molecular weight is 304 g/mol. The molecule has 110 valence electrons. The molecule has 1 amide bonds. The molecule has 2 aromatic rings. The third-order valence-corrected chi connectivity index (χ3v) is 5.44. The maximum absolute atomic E-state index is 12.3. The van der Waals surface area contributed by atoms with Crippen molar-refractivity contribution in [2.45, 2.75) is 24.9 Å². The number of carbonyl (C=O) groups excluding carboxylic acids is 1. The zero-order chi connectivity index (χ0) is 14.3. The van der Waals surface area contributed by atoms with Crippen LogP contribution in [0.3, 0.4) is 0 Å². The lowest BCUT2D eigenvalue weighted by molar-refractivity contribution is -0.0927. The van der Waals surface area contributed by atoms with Crippen LogP contribution in [0.2, 0.25) is 0 Å². The number of nitrogens with zero attached hydrogens (tertiary/aromatic N) is 2. The summed E-state index contributed by atoms with van der Waals surface area (Å²) >= 11 is 1.82. The molecule has 0 radical (unpaired) electrons. The molecule has 2 aromatic heterocycles. The van der Waals surface area contributed by atoms with E-state index in [1.807, 2.05) is 16.2 Å². The molecule has 1 fully saturated rings. The van der Waals surface area contributed by atoms with Gasteiger partial charge in [0.15, 0.2) is 5.69 Å². The van der Waals surface area contributed by atoms with E-state index in [2.05, 4.69) is 16.6 Å². The van der Waals surface area contributed by atoms with E-state index in [0.29, 0.717) is 18.8 Å². The minimum absolute atomic E-state index is 0.0556. The second-order valence-electron chi connectivity index (χ2n) is 5.53. The number of likely N-dealkylation sites (tertiary alicyclic amines) is 1. The van der Waals surface area contributed by atoms with Crippen LogP contribution in [0.15, 0.2) is 28.3 Å². The van der Waals surface area contributed by atoms with Gasteiger partial charge in [-0.15, -0.1) is 11.3 Å². The van der Waals surface area contributed by atoms with E-state index in [1.54, 1.807) is 6.07 Å². The Morgan fingerprint density at radius 3 is 2.95 bits per heavy atom. The largest absolute Gasteiger partial charge is 0.370 e. The minimum atomic E-state index is -0.186. The van der Waals surface area contributed by atoms with Crippen LogP contribution in [0.1, 0.15) is 33.8 Å². The average Bonchev–Trinajstić information content (AvgIpc) is 3.19. The van der Waals surface area contributed by atoms with Crippen molar-refractivity contribution in [1.29, 1.82) is 0 Å². The first-order valence-corrected chi connectivity index (χ1v) is 8.07. The number of fused-ring (bicyclic) bond motifs is 2. The first-order chi connectivity index (χ1) is 10.3. The highest BCUT2D eigenvalue weighted by Crippen LogP contribution is 2.43. The molecule has 0 bridgehead atoms. The van der Waals surface area contributed by atoms with E-state index in [0.717, 1.165) is 25.9 Å². The first-order valence-electron chi connectivity index (χ1n) is 7.19. The van der Waals surface area contributed by atoms with Crippen LogP contribution < -0.4 is 0 Å². The fraction of sp³-hybridized carbons (Fsp3) is 0.467. The zero-order valence-corrected chi connectivity index (χ0v) is 12.4. The lowest BCUT2D eigenvalue weighted by atomic mass is 9.82. The molecule has 0 saturated carbocycles. The number of amides is 1. The van der Waals surface area contributed by atoms with Gasteiger partial charge >= 0.3 is 0 Å². The smallest absolute Gasteiger partial charge is 0.276 e. The van der Waals surface area contributed by atoms with Crippen LogP contribution in [-0.2, 0) is 16.8 Å². The molecule has 1 spiro atoms. The summed E-state index contributed by atoms with van der Waals surface area (Å²) in [4.78, 5) is 15.6. The summed E-state index contributed by atoms with van der Waals surface area (Å²) in [5.74, 6) is -0.0556. The van der Waals surface area contributed by atoms with Gasteiger partial charge in [-0.25, -0.2) is 0 Å². The molecule has 6 heteroatoms. The quantitative estimate of drug-likeness (QED) is 0.812. The molecule has 0 aromatic carbocycles. The van der Waals surface area contributed by atoms with Crippen LogP contribution in [-0.4, -0.2) is 35.7 Å². The molecular formula is C15H16N2O3S. The molecule has 21 heavy (non-hydrogen) atoms. The molecule has 4 rings (SSSR count). The monoisotopic (exact) mass is 304 g/mol. The molecule has 5 nitrogen and oxygen atoms in total. The summed E-state index contributed by atoms with van der Waals surface area (Å²) < 4.78 is 10.9. The molecule has 4 heterocycles. The maximum Gasteiger partial charge on any atom is 0.276 e. The number of hydrogen-bond donors (Lipinski definition) is 0. The standard InChI is InChI=1S/C15H16N2O3S/c18-14(12-1-9-20-16-12)17-6-4-15(5-7-17)11-3-10-21-13(11)2-8-19-15/h1,3,9-10H,2,4-8H2. The highest BCUT2D eigenvalue weighted by Gasteiger charge is 2.42. The van der Waals surface area contributed by atoms with E-state index < -0.39 is 0 Å². The van der Waals surface area contributed by atoms with Crippen molar-refractivity contribution in [2.24, 2.45) is 0 Å². The Labute approximate surface area is 126 Å². The fourth-order valence-electron chi connectivity index (χ4n) is 3.33. The number of hydrogen-bond acceptors (Lipinski definition) is 5. The Balaban J connectivity index is 1.52. The number of ether oxygens (including phenoxy) is 1. The summed E-state index contributed by atoms with van der Waals surface area (Å²) in [5.41, 5.74) is 1.53. The van der Waals surface area contributed by atoms with E-state index in [9.17, 15) is 4.79 Å². The van der Waals surface area contributed by atoms with E-state index in [1.165, 1.54) is 16.7 Å². The van der Waals surface area contributed by atoms with Gasteiger partial charge in [0.25, 0.3) is 5.91 Å². The van der Waals surface area contributed by atoms with Crippen molar-refractivity contribution in [2.75, 3.05) is 19.7 Å². The molecule has 0 unspecified atom stereocenters. The molecule has 2 aliphatic rings. The normalized spacial score (nSPS) is 20.5. The van der Waals surface area contributed by atoms with Gasteiger partial charge in [-0.3, -0.25) is 4.79 Å². The molecule has 0 aliphatic carbocycles. The SMILES string of the molecule is O=C(c1ccon1)N1CCC2(CC1)OCCc1sccc12. The summed E-state index contributed by atoms with van der Waals surface area (Å²) in [6, 6.07) is 3.80. The summed E-state index contributed by atoms with van der Waals surface area (Å²) in [5, 5.41) is 5.87. The second-order valence-corrected chi connectivity index (χ2v) is 6.53. The molecule has 1 saturated heterocycles. The van der Waals surface area contributed by atoms with Gasteiger partial charge in [-0.05, 0) is 29.9 Å². The summed E-state index contributed by atoms with van der Waals surface area (Å²) in [6.07, 6.45) is 4.14. The number of aromatic nitrogens is 1. The Kier molecular flexibility index (Phi) is 3.08. The van der Waals surface area contributed by atoms with Crippen LogP contribution in [0.4, 0.5) is 0 Å². The second kappa shape index (κ2) is 4.96. The van der Waals surface area contributed by atoms with Crippen molar-refractivity contribution in [3.8, 4) is 0 Å². The highest BCUT2D eigenvalue weighted by atomic mass is 32.1. The van der Waals surface area contributed by atoms with Crippen LogP contribution >= 0.6 is 11.3 Å². The van der Waals surface area contributed by atoms with Crippen LogP contribution in [0.25, 0.3) is 0 Å². The maximum atomic E-state index is 12.3. The highest BCUT2D eigenvalue weighted by molar-refractivity contribution is 7.10. The Morgan fingerprint density at radius 2 is 2.19 bits per heavy atom. The number of thiophene rings is 1. The van der Waals surface area contributed by atoms with Crippen molar-refractivity contribution in [1.82, 2.24) is 10.1 Å². The molecular weight excluding hydrogens is 288 g/mol. The lowest BCUT2D eigenvalue weighted by Crippen LogP contribution is -2.48. The van der Waals surface area contributed by atoms with Gasteiger partial charge in [0.2, 0.25) is 0 Å². The van der Waals surface area contributed by atoms with Gasteiger partial charge in [-0.2, -0.15) is 0 Å². The Bertz CT molecular complexity index is 642. The van der Waals surface area contributed by atoms with Gasteiger partial charge < -0.3 is 14.2 Å². The third-order valence-electron chi connectivity index (χ3n) is 4.46. The van der Waals surface area contributed by atoms with Gasteiger partial charge in [-0.1, -0.05) is 5.16 Å². The summed E-state index contributed by atoms with van der Waals surface area (Å²) in [7, 11) is 0. The Morgan fingerprint density at radius 1 is 1.33 bits per heavy atom. The number of rotatable bonds is 1. The zero-order valence-electron chi connectivity index (χ0n) is 11.6. The molecule has 2 aliphatic heterocycles. The number of piperidine rings is 1. The van der Waals surface area contributed by atoms with Gasteiger partial charge in [0.05, 0.1) is 12.2 Å². The van der Waals surface area contributed by atoms with Gasteiger partial charge in [0.1, 0.15) is 6.26 Å². The minimum Gasteiger partial charge on any atom is -0.370 e. The lowest BCUT2D eigenvalue weighted by Gasteiger charge is -2.43. The summed E-state index contributed by atoms with van der Waals surface area (Å²) in [6.45, 7) is 2.17. The van der Waals surface area contributed by atoms with Crippen molar-refractivity contribution in [3.63, 3.8) is 0 Å². The predicted molar refractivity (Wildman–Crippen MR) is 77.3 cm³/mol. The van der Waals surface area contributed by atoms with E-state index >= 15 is 0 Å². The van der Waals surface area contributed by atoms with E-state index in [-0.39, 0.29) is 11.5 Å². The van der Waals surface area contributed by atoms with Crippen molar-refractivity contribution in [3.05, 3.63) is 39.9 Å². The first kappa shape index (κ1) is 13.0. The predicted octanol–water partition coefficient (Wildman–Crippen LogP) is 2.44.